The van der Waals surface area contributed by atoms with Crippen LogP contribution in [0.1, 0.15) is 13.3 Å². The van der Waals surface area contributed by atoms with E-state index in [4.69, 9.17) is 12.2 Å². The van der Waals surface area contributed by atoms with Crippen LogP contribution >= 0.6 is 12.2 Å². The Hall–Kier alpha value is -2.20. The van der Waals surface area contributed by atoms with Gasteiger partial charge in [0.2, 0.25) is 0 Å². The van der Waals surface area contributed by atoms with Gasteiger partial charge in [0.15, 0.2) is 5.11 Å². The summed E-state index contributed by atoms with van der Waals surface area (Å²) in [5.74, 6) is -1.65. The molecule has 26 heavy (non-hydrogen) atoms. The normalized spacial score (nSPS) is 18.7. The summed E-state index contributed by atoms with van der Waals surface area (Å²) in [4.78, 5) is 27.1. The molecule has 0 saturated carbocycles. The van der Waals surface area contributed by atoms with E-state index in [-0.39, 0.29) is 17.2 Å². The largest absolute Gasteiger partial charge is 0.431 e. The molecule has 2 aliphatic rings. The Kier molecular flexibility index (Phi) is 5.87. The van der Waals surface area contributed by atoms with Crippen LogP contribution in [0.3, 0.4) is 0 Å². The maximum atomic E-state index is 13.6. The van der Waals surface area contributed by atoms with E-state index in [2.05, 4.69) is 10.6 Å². The number of allylic oxidation sites excluding steroid dienone is 5. The van der Waals surface area contributed by atoms with E-state index < -0.39 is 29.3 Å². The summed E-state index contributed by atoms with van der Waals surface area (Å²) >= 11 is 4.70. The molecular formula is C16H19F3N4O2S. The molecule has 2 heterocycles. The lowest BCUT2D eigenvalue weighted by Gasteiger charge is -2.33. The highest BCUT2D eigenvalue weighted by atomic mass is 32.1. The molecule has 1 fully saturated rings. The SMILES string of the molecule is CC1=CC(=C2C(=O)NC(=S)NC2=O)C=C(C(F)(F)F)N1CCCN(C)C. The van der Waals surface area contributed by atoms with Gasteiger partial charge < -0.3 is 9.80 Å². The first kappa shape index (κ1) is 20.1. The third-order valence-electron chi connectivity index (χ3n) is 3.85. The first-order valence-corrected chi connectivity index (χ1v) is 8.22. The van der Waals surface area contributed by atoms with Gasteiger partial charge in [0.05, 0.1) is 0 Å². The maximum absolute atomic E-state index is 13.6. The van der Waals surface area contributed by atoms with E-state index >= 15 is 0 Å². The molecule has 2 amide bonds. The smallest absolute Gasteiger partial charge is 0.341 e. The number of carbonyl (C=O) groups is 2. The summed E-state index contributed by atoms with van der Waals surface area (Å²) in [6.45, 7) is 2.31. The lowest BCUT2D eigenvalue weighted by molar-refractivity contribution is -0.123. The molecule has 142 valence electrons. The minimum Gasteiger partial charge on any atom is -0.341 e. The zero-order chi connectivity index (χ0) is 19.6. The molecule has 2 aliphatic heterocycles. The Morgan fingerprint density at radius 1 is 1.15 bits per heavy atom. The van der Waals surface area contributed by atoms with E-state index in [1.54, 1.807) is 0 Å². The third-order valence-corrected chi connectivity index (χ3v) is 4.05. The van der Waals surface area contributed by atoms with Gasteiger partial charge in [0.25, 0.3) is 11.8 Å². The molecule has 0 unspecified atom stereocenters. The summed E-state index contributed by atoms with van der Waals surface area (Å²) < 4.78 is 40.7. The Balaban J connectivity index is 2.43. The van der Waals surface area contributed by atoms with E-state index in [0.717, 1.165) is 11.0 Å². The highest BCUT2D eigenvalue weighted by Crippen LogP contribution is 2.36. The predicted octanol–water partition coefficient (Wildman–Crippen LogP) is 1.43. The lowest BCUT2D eigenvalue weighted by Crippen LogP contribution is -2.51. The fourth-order valence-electron chi connectivity index (χ4n) is 2.71. The molecule has 0 radical (unpaired) electrons. The van der Waals surface area contributed by atoms with Crippen molar-refractivity contribution in [3.8, 4) is 0 Å². The van der Waals surface area contributed by atoms with Gasteiger partial charge in [-0.3, -0.25) is 20.2 Å². The minimum absolute atomic E-state index is 0.101. The number of hydrogen-bond acceptors (Lipinski definition) is 5. The van der Waals surface area contributed by atoms with Crippen LogP contribution in [0.4, 0.5) is 13.2 Å². The molecule has 0 aliphatic carbocycles. The summed E-state index contributed by atoms with van der Waals surface area (Å²) in [7, 11) is 3.68. The second-order valence-corrected chi connectivity index (χ2v) is 6.60. The summed E-state index contributed by atoms with van der Waals surface area (Å²) in [5, 5.41) is 4.28. The zero-order valence-corrected chi connectivity index (χ0v) is 15.3. The molecule has 1 saturated heterocycles. The number of hydrogen-bond donors (Lipinski definition) is 2. The van der Waals surface area contributed by atoms with Gasteiger partial charge in [0.1, 0.15) is 11.3 Å². The Morgan fingerprint density at radius 3 is 2.23 bits per heavy atom. The van der Waals surface area contributed by atoms with Crippen molar-refractivity contribution in [1.29, 1.82) is 0 Å². The van der Waals surface area contributed by atoms with Gasteiger partial charge in [-0.15, -0.1) is 0 Å². The number of nitrogens with one attached hydrogen (secondary N) is 2. The van der Waals surface area contributed by atoms with Crippen LogP contribution in [-0.4, -0.2) is 60.1 Å². The number of thiocarbonyl (C=S) groups is 1. The maximum Gasteiger partial charge on any atom is 0.431 e. The summed E-state index contributed by atoms with van der Waals surface area (Å²) in [5.41, 5.74) is -1.11. The van der Waals surface area contributed by atoms with Crippen molar-refractivity contribution in [2.45, 2.75) is 19.5 Å². The van der Waals surface area contributed by atoms with Gasteiger partial charge in [-0.05, 0) is 63.9 Å². The van der Waals surface area contributed by atoms with E-state index in [1.807, 2.05) is 19.0 Å². The summed E-state index contributed by atoms with van der Waals surface area (Å²) in [6.07, 6.45) is -1.89. The quantitative estimate of drug-likeness (QED) is 0.433. The molecule has 2 N–H and O–H groups in total. The molecule has 0 spiro atoms. The predicted molar refractivity (Wildman–Crippen MR) is 93.7 cm³/mol. The van der Waals surface area contributed by atoms with Crippen molar-refractivity contribution >= 4 is 29.1 Å². The van der Waals surface area contributed by atoms with Crippen LogP contribution in [0.25, 0.3) is 0 Å². The Labute approximate surface area is 154 Å². The fourth-order valence-corrected chi connectivity index (χ4v) is 2.89. The number of rotatable bonds is 4. The monoisotopic (exact) mass is 388 g/mol. The average Bonchev–Trinajstić information content (AvgIpc) is 2.46. The van der Waals surface area contributed by atoms with E-state index in [1.165, 1.54) is 13.0 Å². The van der Waals surface area contributed by atoms with E-state index in [9.17, 15) is 22.8 Å². The second-order valence-electron chi connectivity index (χ2n) is 6.19. The van der Waals surface area contributed by atoms with Crippen LogP contribution < -0.4 is 10.6 Å². The van der Waals surface area contributed by atoms with Gasteiger partial charge in [-0.25, -0.2) is 0 Å². The van der Waals surface area contributed by atoms with Gasteiger partial charge in [0, 0.05) is 12.2 Å². The molecule has 2 rings (SSSR count). The average molecular weight is 388 g/mol. The molecule has 0 aromatic heterocycles. The van der Waals surface area contributed by atoms with Gasteiger partial charge >= 0.3 is 6.18 Å². The van der Waals surface area contributed by atoms with Crippen LogP contribution in [0, 0.1) is 0 Å². The zero-order valence-electron chi connectivity index (χ0n) is 14.5. The second kappa shape index (κ2) is 7.58. The molecule has 0 aromatic rings. The van der Waals surface area contributed by atoms with Crippen LogP contribution in [-0.2, 0) is 9.59 Å². The Morgan fingerprint density at radius 2 is 1.73 bits per heavy atom. The van der Waals surface area contributed by atoms with Crippen LogP contribution in [0.2, 0.25) is 0 Å². The fraction of sp³-hybridized carbons (Fsp3) is 0.438. The highest BCUT2D eigenvalue weighted by molar-refractivity contribution is 7.80. The van der Waals surface area contributed by atoms with Crippen LogP contribution in [0.5, 0.6) is 0 Å². The van der Waals surface area contributed by atoms with Crippen molar-refractivity contribution in [2.24, 2.45) is 0 Å². The summed E-state index contributed by atoms with van der Waals surface area (Å²) in [6, 6.07) is 0. The molecule has 0 bridgehead atoms. The lowest BCUT2D eigenvalue weighted by atomic mass is 9.99. The number of halogens is 3. The first-order valence-electron chi connectivity index (χ1n) is 7.81. The van der Waals surface area contributed by atoms with Crippen molar-refractivity contribution in [1.82, 2.24) is 20.4 Å². The number of nitrogens with zero attached hydrogens (tertiary/aromatic N) is 2. The molecule has 0 atom stereocenters. The molecule has 10 heteroatoms. The third kappa shape index (κ3) is 4.50. The highest BCUT2D eigenvalue weighted by Gasteiger charge is 2.40. The number of alkyl halides is 3. The van der Waals surface area contributed by atoms with Gasteiger partial charge in [-0.1, -0.05) is 0 Å². The standard InChI is InChI=1S/C16H19F3N4O2S/c1-9-7-10(12-13(24)20-15(26)21-14(12)25)8-11(16(17,18)19)23(9)6-4-5-22(2)3/h7-8H,4-6H2,1-3H3,(H2,20,21,24,25,26). The van der Waals surface area contributed by atoms with Crippen molar-refractivity contribution in [2.75, 3.05) is 27.2 Å². The van der Waals surface area contributed by atoms with Gasteiger partial charge in [-0.2, -0.15) is 13.2 Å². The number of amides is 2. The van der Waals surface area contributed by atoms with Crippen molar-refractivity contribution in [3.05, 3.63) is 34.7 Å². The molecule has 6 nitrogen and oxygen atoms in total. The molecule has 0 aromatic carbocycles. The van der Waals surface area contributed by atoms with Crippen molar-refractivity contribution in [3.63, 3.8) is 0 Å². The Bertz CT molecular complexity index is 716. The first-order chi connectivity index (χ1) is 12.0. The topological polar surface area (TPSA) is 64.7 Å². The van der Waals surface area contributed by atoms with Crippen molar-refractivity contribution < 1.29 is 22.8 Å². The van der Waals surface area contributed by atoms with E-state index in [0.29, 0.717) is 18.7 Å². The number of carbonyl (C=O) groups excluding carboxylic acids is 2. The minimum atomic E-state index is -4.63. The molecular weight excluding hydrogens is 369 g/mol. The van der Waals surface area contributed by atoms with Crippen LogP contribution in [0.15, 0.2) is 34.7 Å².